The second kappa shape index (κ2) is 10.5. The molecule has 0 saturated carbocycles. The van der Waals surface area contributed by atoms with Gasteiger partial charge in [-0.15, -0.1) is 0 Å². The normalized spacial score (nSPS) is 15.3. The molecular weight excluding hydrogens is 448 g/mol. The number of nitrogens with one attached hydrogen (secondary N) is 1. The zero-order chi connectivity index (χ0) is 24.9. The molecule has 0 saturated heterocycles. The van der Waals surface area contributed by atoms with Crippen molar-refractivity contribution in [2.24, 2.45) is 21.5 Å². The van der Waals surface area contributed by atoms with Crippen LogP contribution < -0.4 is 16.4 Å². The third-order valence-electron chi connectivity index (χ3n) is 6.51. The fourth-order valence-corrected chi connectivity index (χ4v) is 4.78. The lowest BCUT2D eigenvalue weighted by Gasteiger charge is -2.25. The molecule has 1 atom stereocenters. The molecule has 0 aliphatic carbocycles. The molecule has 1 aromatic heterocycles. The van der Waals surface area contributed by atoms with Crippen molar-refractivity contribution >= 4 is 34.2 Å². The number of hydrogen-bond acceptors (Lipinski definition) is 3. The SMILES string of the molecule is NC(N)=NCCCCN1C(=O)[C@H](Cc2c[nH]c3ccccc23)N=C(c2ccccc2)c2ccccc21. The Balaban J connectivity index is 1.54. The van der Waals surface area contributed by atoms with Gasteiger partial charge in [-0.05, 0) is 30.5 Å². The standard InChI is InChI=1S/C29H30N6O/c30-29(31)32-16-8-9-17-35-26-15-7-5-13-23(26)27(20-10-2-1-3-11-20)34-25(28(35)36)18-21-19-33-24-14-6-4-12-22(21)24/h1-7,10-15,19,25,33H,8-9,16-18H2,(H4,30,31,32)/t25-/m0/s1. The van der Waals surface area contributed by atoms with E-state index in [9.17, 15) is 4.79 Å². The summed E-state index contributed by atoms with van der Waals surface area (Å²) in [7, 11) is 0. The number of benzodiazepines with no additional fused rings is 1. The van der Waals surface area contributed by atoms with Crippen molar-refractivity contribution in [3.8, 4) is 0 Å². The highest BCUT2D eigenvalue weighted by molar-refractivity contribution is 6.20. The average molecular weight is 479 g/mol. The first kappa shape index (κ1) is 23.4. The number of anilines is 1. The van der Waals surface area contributed by atoms with Crippen LogP contribution >= 0.6 is 0 Å². The van der Waals surface area contributed by atoms with Crippen LogP contribution in [-0.2, 0) is 11.2 Å². The number of carbonyl (C=O) groups excluding carboxylic acids is 1. The number of nitrogens with zero attached hydrogens (tertiary/aromatic N) is 3. The maximum absolute atomic E-state index is 14.1. The van der Waals surface area contributed by atoms with Gasteiger partial charge in [0.25, 0.3) is 5.91 Å². The summed E-state index contributed by atoms with van der Waals surface area (Å²) < 4.78 is 0. The van der Waals surface area contributed by atoms with Gasteiger partial charge in [0.1, 0.15) is 6.04 Å². The second-order valence-corrected chi connectivity index (χ2v) is 8.94. The van der Waals surface area contributed by atoms with E-state index in [2.05, 4.69) is 22.1 Å². The molecule has 0 fully saturated rings. The lowest BCUT2D eigenvalue weighted by Crippen LogP contribution is -2.39. The van der Waals surface area contributed by atoms with Gasteiger partial charge in [-0.3, -0.25) is 14.8 Å². The van der Waals surface area contributed by atoms with E-state index in [1.54, 1.807) is 0 Å². The predicted molar refractivity (Wildman–Crippen MR) is 147 cm³/mol. The molecule has 4 aromatic rings. The third kappa shape index (κ3) is 4.86. The molecule has 182 valence electrons. The molecule has 7 nitrogen and oxygen atoms in total. The fourth-order valence-electron chi connectivity index (χ4n) is 4.78. The van der Waals surface area contributed by atoms with E-state index >= 15 is 0 Å². The summed E-state index contributed by atoms with van der Waals surface area (Å²) in [5, 5.41) is 1.12. The van der Waals surface area contributed by atoms with Crippen LogP contribution in [0.5, 0.6) is 0 Å². The molecule has 5 rings (SSSR count). The Hall–Kier alpha value is -4.39. The summed E-state index contributed by atoms with van der Waals surface area (Å²) in [6.07, 6.45) is 4.06. The number of unbranched alkanes of at least 4 members (excludes halogenated alkanes) is 1. The van der Waals surface area contributed by atoms with Crippen LogP contribution in [0.25, 0.3) is 10.9 Å². The lowest BCUT2D eigenvalue weighted by atomic mass is 10.00. The quantitative estimate of drug-likeness (QED) is 0.202. The number of H-pyrrole nitrogens is 1. The molecule has 36 heavy (non-hydrogen) atoms. The molecule has 1 aliphatic rings. The van der Waals surface area contributed by atoms with E-state index in [1.807, 2.05) is 77.8 Å². The van der Waals surface area contributed by atoms with Gasteiger partial charge in [-0.25, -0.2) is 0 Å². The Bertz CT molecular complexity index is 1420. The Morgan fingerprint density at radius 3 is 2.53 bits per heavy atom. The topological polar surface area (TPSA) is 113 Å². The van der Waals surface area contributed by atoms with Gasteiger partial charge in [-0.2, -0.15) is 0 Å². The van der Waals surface area contributed by atoms with Crippen LogP contribution in [0.15, 0.2) is 95.0 Å². The van der Waals surface area contributed by atoms with Crippen molar-refractivity contribution in [1.29, 1.82) is 0 Å². The molecule has 0 spiro atoms. The molecule has 7 heteroatoms. The number of aromatic nitrogens is 1. The molecule has 0 bridgehead atoms. The number of carbonyl (C=O) groups is 1. The van der Waals surface area contributed by atoms with E-state index < -0.39 is 6.04 Å². The van der Waals surface area contributed by atoms with Crippen molar-refractivity contribution in [2.75, 3.05) is 18.0 Å². The van der Waals surface area contributed by atoms with Gasteiger partial charge >= 0.3 is 0 Å². The smallest absolute Gasteiger partial charge is 0.252 e. The van der Waals surface area contributed by atoms with E-state index in [-0.39, 0.29) is 11.9 Å². The monoisotopic (exact) mass is 478 g/mol. The summed E-state index contributed by atoms with van der Waals surface area (Å²) in [6, 6.07) is 25.7. The highest BCUT2D eigenvalue weighted by Crippen LogP contribution is 2.30. The molecule has 5 N–H and O–H groups in total. The summed E-state index contributed by atoms with van der Waals surface area (Å²) in [5.41, 5.74) is 16.7. The van der Waals surface area contributed by atoms with Crippen molar-refractivity contribution < 1.29 is 4.79 Å². The lowest BCUT2D eigenvalue weighted by molar-refractivity contribution is -0.119. The van der Waals surface area contributed by atoms with E-state index in [0.717, 1.165) is 51.8 Å². The van der Waals surface area contributed by atoms with Crippen molar-refractivity contribution in [3.63, 3.8) is 0 Å². The zero-order valence-electron chi connectivity index (χ0n) is 20.1. The summed E-state index contributed by atoms with van der Waals surface area (Å²) in [6.45, 7) is 1.11. The first-order valence-electron chi connectivity index (χ1n) is 12.3. The van der Waals surface area contributed by atoms with Crippen LogP contribution in [-0.4, -0.2) is 41.7 Å². The maximum Gasteiger partial charge on any atom is 0.252 e. The largest absolute Gasteiger partial charge is 0.370 e. The van der Waals surface area contributed by atoms with Crippen molar-refractivity contribution in [1.82, 2.24) is 4.98 Å². The predicted octanol–water partition coefficient (Wildman–Crippen LogP) is 4.02. The first-order valence-corrected chi connectivity index (χ1v) is 12.3. The molecule has 1 aliphatic heterocycles. The number of hydrogen-bond donors (Lipinski definition) is 3. The maximum atomic E-state index is 14.1. The van der Waals surface area contributed by atoms with E-state index in [1.165, 1.54) is 0 Å². The average Bonchev–Trinajstić information content (AvgIpc) is 3.26. The van der Waals surface area contributed by atoms with Crippen LogP contribution in [0.1, 0.15) is 29.5 Å². The number of aromatic amines is 1. The molecule has 2 heterocycles. The van der Waals surface area contributed by atoms with Gasteiger partial charge < -0.3 is 21.4 Å². The number of guanidine groups is 1. The number of nitrogens with two attached hydrogens (primary N) is 2. The number of amides is 1. The zero-order valence-corrected chi connectivity index (χ0v) is 20.1. The summed E-state index contributed by atoms with van der Waals surface area (Å²) in [5.74, 6) is 0.0893. The van der Waals surface area contributed by atoms with Gasteiger partial charge in [0, 0.05) is 47.7 Å². The Labute approximate surface area is 210 Å². The summed E-state index contributed by atoms with van der Waals surface area (Å²) >= 11 is 0. The Morgan fingerprint density at radius 1 is 0.944 bits per heavy atom. The number of para-hydroxylation sites is 2. The molecule has 0 unspecified atom stereocenters. The van der Waals surface area contributed by atoms with Gasteiger partial charge in [0.15, 0.2) is 5.96 Å². The number of aliphatic imine (C=N–C) groups is 2. The highest BCUT2D eigenvalue weighted by Gasteiger charge is 2.32. The minimum Gasteiger partial charge on any atom is -0.370 e. The van der Waals surface area contributed by atoms with Gasteiger partial charge in [-0.1, -0.05) is 66.7 Å². The number of fused-ring (bicyclic) bond motifs is 2. The van der Waals surface area contributed by atoms with E-state index in [4.69, 9.17) is 16.5 Å². The summed E-state index contributed by atoms with van der Waals surface area (Å²) in [4.78, 5) is 28.5. The van der Waals surface area contributed by atoms with Crippen molar-refractivity contribution in [2.45, 2.75) is 25.3 Å². The molecule has 3 aromatic carbocycles. The first-order chi connectivity index (χ1) is 17.6. The molecule has 0 radical (unpaired) electrons. The Kier molecular flexibility index (Phi) is 6.80. The van der Waals surface area contributed by atoms with Crippen LogP contribution in [0, 0.1) is 0 Å². The van der Waals surface area contributed by atoms with Crippen LogP contribution in [0.2, 0.25) is 0 Å². The van der Waals surface area contributed by atoms with Gasteiger partial charge in [0.05, 0.1) is 11.4 Å². The molecule has 1 amide bonds. The highest BCUT2D eigenvalue weighted by atomic mass is 16.2. The minimum atomic E-state index is -0.551. The number of benzene rings is 3. The van der Waals surface area contributed by atoms with Crippen LogP contribution in [0.3, 0.4) is 0 Å². The van der Waals surface area contributed by atoms with E-state index in [0.29, 0.717) is 19.5 Å². The molecular formula is C29H30N6O. The minimum absolute atomic E-state index is 0.000465. The number of rotatable bonds is 8. The third-order valence-corrected chi connectivity index (χ3v) is 6.51. The second-order valence-electron chi connectivity index (χ2n) is 8.94. The van der Waals surface area contributed by atoms with Crippen LogP contribution in [0.4, 0.5) is 5.69 Å². The van der Waals surface area contributed by atoms with Crippen molar-refractivity contribution in [3.05, 3.63) is 102 Å². The fraction of sp³-hybridized carbons (Fsp3) is 0.207. The van der Waals surface area contributed by atoms with Gasteiger partial charge in [0.2, 0.25) is 0 Å². The Morgan fingerprint density at radius 2 is 1.69 bits per heavy atom.